The maximum atomic E-state index is 3.30. The molecule has 0 saturated carbocycles. The van der Waals surface area contributed by atoms with E-state index in [2.05, 4.69) is 68.4 Å². The molecule has 1 aliphatic rings. The van der Waals surface area contributed by atoms with Crippen LogP contribution < -0.4 is 0 Å². The molecule has 4 aromatic rings. The van der Waals surface area contributed by atoms with Crippen LogP contribution in [0.25, 0.3) is 11.1 Å². The molecule has 0 radical (unpaired) electrons. The normalized spacial score (nSPS) is 10.7. The molecule has 3 aromatic carbocycles. The summed E-state index contributed by atoms with van der Waals surface area (Å²) < 4.78 is 1.55. The maximum Gasteiger partial charge on any atom is -0.0253 e. The van der Waals surface area contributed by atoms with Crippen molar-refractivity contribution in [2.24, 2.45) is 0 Å². The molecule has 0 spiro atoms. The van der Waals surface area contributed by atoms with Gasteiger partial charge >= 0.3 is 74.2 Å². The molecule has 27 heavy (non-hydrogen) atoms. The Bertz CT molecular complexity index is 932. The van der Waals surface area contributed by atoms with Gasteiger partial charge in [0.2, 0.25) is 0 Å². The van der Waals surface area contributed by atoms with Crippen molar-refractivity contribution in [1.29, 1.82) is 0 Å². The van der Waals surface area contributed by atoms with Gasteiger partial charge < -0.3 is 0 Å². The van der Waals surface area contributed by atoms with E-state index in [4.69, 9.17) is 0 Å². The molecule has 0 atom stereocenters. The number of rotatable bonds is 1. The van der Waals surface area contributed by atoms with Gasteiger partial charge in [-0.3, -0.25) is 0 Å². The van der Waals surface area contributed by atoms with Gasteiger partial charge in [-0.1, -0.05) is 35.4 Å². The molecule has 5 rings (SSSR count). The van der Waals surface area contributed by atoms with E-state index < -0.39 is 0 Å². The van der Waals surface area contributed by atoms with Gasteiger partial charge in [-0.05, 0) is 6.42 Å². The van der Waals surface area contributed by atoms with E-state index in [-0.39, 0.29) is 0 Å². The molecular formula is C25H22HfS. The Balaban J connectivity index is 0.000000130. The van der Waals surface area contributed by atoms with Gasteiger partial charge in [0.25, 0.3) is 0 Å². The first-order valence-electron chi connectivity index (χ1n) is 9.01. The Morgan fingerprint density at radius 1 is 0.963 bits per heavy atom. The molecule has 1 aromatic heterocycles. The van der Waals surface area contributed by atoms with E-state index in [9.17, 15) is 0 Å². The number of hydrogen-bond acceptors (Lipinski definition) is 1. The Morgan fingerprint density at radius 3 is 2.30 bits per heavy atom. The third-order valence-corrected chi connectivity index (χ3v) is 7.02. The fourth-order valence-corrected chi connectivity index (χ4v) is 4.58. The molecule has 0 saturated heterocycles. The summed E-state index contributed by atoms with van der Waals surface area (Å²) in [6.07, 6.45) is 1.05. The Hall–Kier alpha value is -1.77. The zero-order valence-electron chi connectivity index (χ0n) is 15.7. The maximum absolute atomic E-state index is 3.30. The van der Waals surface area contributed by atoms with Gasteiger partial charge in [0.1, 0.15) is 0 Å². The topological polar surface area (TPSA) is 0 Å². The van der Waals surface area contributed by atoms with Crippen molar-refractivity contribution in [3.8, 4) is 11.1 Å². The molecule has 0 fully saturated rings. The largest absolute Gasteiger partial charge is 0.214 e. The first-order chi connectivity index (χ1) is 13.1. The van der Waals surface area contributed by atoms with Crippen molar-refractivity contribution in [2.75, 3.05) is 0 Å². The summed E-state index contributed by atoms with van der Waals surface area (Å²) >= 11 is 3.09. The third-order valence-electron chi connectivity index (χ3n) is 4.28. The summed E-state index contributed by atoms with van der Waals surface area (Å²) in [7, 11) is 0. The predicted octanol–water partition coefficient (Wildman–Crippen LogP) is 6.61. The van der Waals surface area contributed by atoms with Gasteiger partial charge in [0.05, 0.1) is 0 Å². The van der Waals surface area contributed by atoms with Gasteiger partial charge in [-0.25, -0.2) is 12.1 Å². The van der Waals surface area contributed by atoms with E-state index in [1.807, 2.05) is 47.7 Å². The minimum absolute atomic E-state index is 1.05. The fraction of sp³-hybridized carbons (Fsp3) is 0.120. The molecule has 132 valence electrons. The van der Waals surface area contributed by atoms with Crippen LogP contribution in [0.3, 0.4) is 0 Å². The third kappa shape index (κ3) is 5.60. The van der Waals surface area contributed by atoms with Crippen molar-refractivity contribution in [2.45, 2.75) is 20.3 Å². The molecule has 1 heterocycles. The van der Waals surface area contributed by atoms with Crippen LogP contribution in [0, 0.1) is 13.0 Å². The summed E-state index contributed by atoms with van der Waals surface area (Å²) in [5.41, 5.74) is 5.51. The van der Waals surface area contributed by atoms with Crippen LogP contribution in [-0.4, -0.2) is 3.26 Å². The molecular weight excluding hydrogens is 511 g/mol. The second kappa shape index (κ2) is 9.96. The average Bonchev–Trinajstić information content (AvgIpc) is 3.43. The van der Waals surface area contributed by atoms with Crippen LogP contribution in [0.2, 0.25) is 0 Å². The van der Waals surface area contributed by atoms with Crippen LogP contribution in [0.1, 0.15) is 27.8 Å². The van der Waals surface area contributed by atoms with Gasteiger partial charge in [0.15, 0.2) is 0 Å². The number of benzene rings is 2. The van der Waals surface area contributed by atoms with Crippen LogP contribution >= 0.6 is 11.3 Å². The fourth-order valence-electron chi connectivity index (χ4n) is 2.95. The summed E-state index contributed by atoms with van der Waals surface area (Å²) in [5, 5.41) is 0. The Labute approximate surface area is 180 Å². The zero-order chi connectivity index (χ0) is 19.1. The van der Waals surface area contributed by atoms with Crippen LogP contribution in [0.15, 0.2) is 84.9 Å². The van der Waals surface area contributed by atoms with Crippen LogP contribution in [0.4, 0.5) is 0 Å². The smallest absolute Gasteiger partial charge is 0.0253 e. The molecule has 0 amide bonds. The van der Waals surface area contributed by atoms with Crippen molar-refractivity contribution in [3.05, 3.63) is 112 Å². The molecule has 0 unspecified atom stereocenters. The Morgan fingerprint density at radius 2 is 1.70 bits per heavy atom. The van der Waals surface area contributed by atoms with Crippen molar-refractivity contribution >= 4 is 14.6 Å². The second-order valence-electron chi connectivity index (χ2n) is 6.39. The quantitative estimate of drug-likeness (QED) is 0.168. The number of fused-ring (bicyclic) bond motifs is 3. The number of aryl methyl sites for hydroxylation is 1. The van der Waals surface area contributed by atoms with Gasteiger partial charge in [-0.15, -0.1) is 5.56 Å². The van der Waals surface area contributed by atoms with Gasteiger partial charge in [0, 0.05) is 0 Å². The number of hydrogen-bond donors (Lipinski definition) is 0. The van der Waals surface area contributed by atoms with Crippen molar-refractivity contribution in [1.82, 2.24) is 0 Å². The average molecular weight is 533 g/mol. The zero-order valence-corrected chi connectivity index (χ0v) is 20.1. The SMILES string of the molecule is C[C](=[Hf+2])c1ccc(C)s1.[c-]1cccc2c1Cc1ccccc1-2.c1cc[cH-]c1. The summed E-state index contributed by atoms with van der Waals surface area (Å²) in [4.78, 5) is 2.89. The molecule has 0 bridgehead atoms. The molecule has 0 N–H and O–H groups in total. The van der Waals surface area contributed by atoms with Crippen LogP contribution in [0.5, 0.6) is 0 Å². The Kier molecular flexibility index (Phi) is 7.37. The van der Waals surface area contributed by atoms with E-state index in [1.165, 1.54) is 55.9 Å². The summed E-state index contributed by atoms with van der Waals surface area (Å²) in [6, 6.07) is 32.5. The van der Waals surface area contributed by atoms with E-state index >= 15 is 0 Å². The summed E-state index contributed by atoms with van der Waals surface area (Å²) in [6.45, 7) is 4.36. The summed E-state index contributed by atoms with van der Waals surface area (Å²) in [5.74, 6) is 0. The van der Waals surface area contributed by atoms with E-state index in [1.54, 1.807) is 3.26 Å². The minimum Gasteiger partial charge on any atom is -0.214 e. The van der Waals surface area contributed by atoms with Crippen LogP contribution in [-0.2, 0) is 30.3 Å². The monoisotopic (exact) mass is 534 g/mol. The number of thiophene rings is 1. The molecule has 0 aliphatic heterocycles. The van der Waals surface area contributed by atoms with E-state index in [0.29, 0.717) is 0 Å². The standard InChI is InChI=1S/C13H9.C7H8S.C5H5.Hf/c1-3-7-12-10(5-1)9-11-6-2-4-8-13(11)12;1-3-7-5-4-6(2)8-7;1-2-4-5-3-1;/h1-5,7-8H,9H2;4-5H,1-2H3;1-5H;/q-1;;-1;+2. The molecule has 2 heteroatoms. The van der Waals surface area contributed by atoms with Crippen molar-refractivity contribution in [3.63, 3.8) is 0 Å². The second-order valence-corrected chi connectivity index (χ2v) is 10.4. The first-order valence-corrected chi connectivity index (χ1v) is 11.6. The molecule has 1 aliphatic carbocycles. The van der Waals surface area contributed by atoms with Crippen molar-refractivity contribution < 1.29 is 23.9 Å². The predicted molar refractivity (Wildman–Crippen MR) is 114 cm³/mol. The first kappa shape index (κ1) is 20.0. The molecule has 0 nitrogen and oxygen atoms in total. The van der Waals surface area contributed by atoms with E-state index in [0.717, 1.165) is 6.42 Å². The minimum atomic E-state index is 1.05. The van der Waals surface area contributed by atoms with Gasteiger partial charge in [-0.2, -0.15) is 48.0 Å².